The van der Waals surface area contributed by atoms with Gasteiger partial charge in [0.25, 0.3) is 0 Å². The topological polar surface area (TPSA) is 59.3 Å². The molecule has 4 heteroatoms. The standard InChI is InChI=1S/C16H19NO3/c1-3-5-11-6-7-14-13(8-11)12(9-16(19)20-14)10-17-15(18)4-2/h6-9H,3-5,10H2,1-2H3,(H,17,18). The Morgan fingerprint density at radius 3 is 2.75 bits per heavy atom. The summed E-state index contributed by atoms with van der Waals surface area (Å²) >= 11 is 0. The van der Waals surface area contributed by atoms with Crippen LogP contribution in [0.15, 0.2) is 33.5 Å². The molecular weight excluding hydrogens is 254 g/mol. The molecule has 1 N–H and O–H groups in total. The zero-order valence-electron chi connectivity index (χ0n) is 11.9. The molecule has 0 fully saturated rings. The van der Waals surface area contributed by atoms with Gasteiger partial charge in [0.2, 0.25) is 5.91 Å². The van der Waals surface area contributed by atoms with Gasteiger partial charge in [0.05, 0.1) is 0 Å². The van der Waals surface area contributed by atoms with E-state index in [1.807, 2.05) is 18.2 Å². The van der Waals surface area contributed by atoms with Crippen molar-refractivity contribution >= 4 is 16.9 Å². The second-order valence-corrected chi connectivity index (χ2v) is 4.80. The lowest BCUT2D eigenvalue weighted by atomic mass is 10.0. The molecule has 4 nitrogen and oxygen atoms in total. The predicted molar refractivity (Wildman–Crippen MR) is 78.6 cm³/mol. The molecule has 2 rings (SSSR count). The third-order valence-electron chi connectivity index (χ3n) is 3.23. The van der Waals surface area contributed by atoms with Gasteiger partial charge >= 0.3 is 5.63 Å². The molecule has 20 heavy (non-hydrogen) atoms. The Hall–Kier alpha value is -2.10. The molecule has 0 bridgehead atoms. The molecule has 0 radical (unpaired) electrons. The van der Waals surface area contributed by atoms with Crippen LogP contribution >= 0.6 is 0 Å². The van der Waals surface area contributed by atoms with Crippen LogP contribution < -0.4 is 10.9 Å². The summed E-state index contributed by atoms with van der Waals surface area (Å²) in [5.41, 5.74) is 2.19. The molecule has 2 aromatic rings. The van der Waals surface area contributed by atoms with Gasteiger partial charge in [-0.2, -0.15) is 0 Å². The predicted octanol–water partition coefficient (Wildman–Crippen LogP) is 2.77. The molecule has 106 valence electrons. The molecular formula is C16H19NO3. The van der Waals surface area contributed by atoms with Crippen LogP contribution in [0.25, 0.3) is 11.0 Å². The second-order valence-electron chi connectivity index (χ2n) is 4.80. The summed E-state index contributed by atoms with van der Waals surface area (Å²) in [5, 5.41) is 3.70. The Balaban J connectivity index is 2.41. The summed E-state index contributed by atoms with van der Waals surface area (Å²) in [4.78, 5) is 22.9. The molecule has 0 aliphatic rings. The summed E-state index contributed by atoms with van der Waals surface area (Å²) in [6.45, 7) is 4.27. The normalized spacial score (nSPS) is 10.7. The van der Waals surface area contributed by atoms with E-state index < -0.39 is 0 Å². The summed E-state index contributed by atoms with van der Waals surface area (Å²) in [7, 11) is 0. The van der Waals surface area contributed by atoms with Crippen LogP contribution in [-0.2, 0) is 17.8 Å². The Morgan fingerprint density at radius 1 is 1.25 bits per heavy atom. The van der Waals surface area contributed by atoms with Crippen molar-refractivity contribution in [1.29, 1.82) is 0 Å². The van der Waals surface area contributed by atoms with Gasteiger partial charge in [0.1, 0.15) is 5.58 Å². The molecule has 1 amide bonds. The van der Waals surface area contributed by atoms with Crippen LogP contribution in [0.1, 0.15) is 37.8 Å². The molecule has 0 spiro atoms. The highest BCUT2D eigenvalue weighted by atomic mass is 16.4. The number of amides is 1. The van der Waals surface area contributed by atoms with Gasteiger partial charge in [-0.3, -0.25) is 4.79 Å². The summed E-state index contributed by atoms with van der Waals surface area (Å²) in [6, 6.07) is 7.29. The Labute approximate surface area is 117 Å². The number of hydrogen-bond acceptors (Lipinski definition) is 3. The number of carbonyl (C=O) groups is 1. The smallest absolute Gasteiger partial charge is 0.336 e. The number of fused-ring (bicyclic) bond motifs is 1. The number of benzene rings is 1. The number of carbonyl (C=O) groups excluding carboxylic acids is 1. The SMILES string of the molecule is CCCc1ccc2oc(=O)cc(CNC(=O)CC)c2c1. The molecule has 1 heterocycles. The first-order valence-corrected chi connectivity index (χ1v) is 6.96. The van der Waals surface area contributed by atoms with E-state index in [0.29, 0.717) is 18.5 Å². The molecule has 0 aliphatic carbocycles. The Kier molecular flexibility index (Phi) is 4.56. The zero-order valence-corrected chi connectivity index (χ0v) is 11.9. The first kappa shape index (κ1) is 14.3. The largest absolute Gasteiger partial charge is 0.423 e. The van der Waals surface area contributed by atoms with Crippen LogP contribution in [0.4, 0.5) is 0 Å². The highest BCUT2D eigenvalue weighted by molar-refractivity contribution is 5.82. The van der Waals surface area contributed by atoms with Crippen molar-refractivity contribution in [3.8, 4) is 0 Å². The highest BCUT2D eigenvalue weighted by Gasteiger charge is 2.07. The molecule has 0 atom stereocenters. The van der Waals surface area contributed by atoms with Crippen LogP contribution in [-0.4, -0.2) is 5.91 Å². The number of nitrogens with one attached hydrogen (secondary N) is 1. The van der Waals surface area contributed by atoms with Crippen molar-refractivity contribution in [3.63, 3.8) is 0 Å². The van der Waals surface area contributed by atoms with Gasteiger partial charge in [-0.1, -0.05) is 26.3 Å². The minimum Gasteiger partial charge on any atom is -0.423 e. The van der Waals surface area contributed by atoms with E-state index in [1.54, 1.807) is 6.92 Å². The molecule has 0 unspecified atom stereocenters. The van der Waals surface area contributed by atoms with E-state index in [9.17, 15) is 9.59 Å². The Morgan fingerprint density at radius 2 is 2.05 bits per heavy atom. The van der Waals surface area contributed by atoms with Crippen molar-refractivity contribution in [2.75, 3.05) is 0 Å². The van der Waals surface area contributed by atoms with Gasteiger partial charge < -0.3 is 9.73 Å². The minimum atomic E-state index is -0.388. The highest BCUT2D eigenvalue weighted by Crippen LogP contribution is 2.19. The fraction of sp³-hybridized carbons (Fsp3) is 0.375. The van der Waals surface area contributed by atoms with E-state index in [0.717, 1.165) is 23.8 Å². The van der Waals surface area contributed by atoms with Gasteiger partial charge in [-0.15, -0.1) is 0 Å². The average Bonchev–Trinajstić information content (AvgIpc) is 2.45. The number of hydrogen-bond donors (Lipinski definition) is 1. The molecule has 1 aromatic carbocycles. The third kappa shape index (κ3) is 3.26. The first-order chi connectivity index (χ1) is 9.63. The van der Waals surface area contributed by atoms with Crippen molar-refractivity contribution in [2.45, 2.75) is 39.7 Å². The molecule has 0 saturated heterocycles. The summed E-state index contributed by atoms with van der Waals surface area (Å²) < 4.78 is 5.20. The summed E-state index contributed by atoms with van der Waals surface area (Å²) in [5.74, 6) is -0.0314. The number of rotatable bonds is 5. The fourth-order valence-electron chi connectivity index (χ4n) is 2.18. The fourth-order valence-corrected chi connectivity index (χ4v) is 2.18. The Bertz CT molecular complexity index is 673. The lowest BCUT2D eigenvalue weighted by Gasteiger charge is -2.08. The van der Waals surface area contributed by atoms with Gasteiger partial charge in [-0.05, 0) is 29.7 Å². The van der Waals surface area contributed by atoms with Crippen molar-refractivity contribution in [3.05, 3.63) is 45.8 Å². The monoisotopic (exact) mass is 273 g/mol. The van der Waals surface area contributed by atoms with E-state index in [2.05, 4.69) is 12.2 Å². The maximum atomic E-state index is 11.5. The van der Waals surface area contributed by atoms with E-state index in [-0.39, 0.29) is 11.5 Å². The van der Waals surface area contributed by atoms with Crippen LogP contribution in [0.2, 0.25) is 0 Å². The van der Waals surface area contributed by atoms with E-state index in [4.69, 9.17) is 4.42 Å². The van der Waals surface area contributed by atoms with E-state index >= 15 is 0 Å². The minimum absolute atomic E-state index is 0.0314. The van der Waals surface area contributed by atoms with Crippen LogP contribution in [0, 0.1) is 0 Å². The van der Waals surface area contributed by atoms with Crippen molar-refractivity contribution < 1.29 is 9.21 Å². The summed E-state index contributed by atoms with van der Waals surface area (Å²) in [6.07, 6.45) is 2.47. The quantitative estimate of drug-likeness (QED) is 0.852. The van der Waals surface area contributed by atoms with E-state index in [1.165, 1.54) is 11.6 Å². The lowest BCUT2D eigenvalue weighted by Crippen LogP contribution is -2.22. The first-order valence-electron chi connectivity index (χ1n) is 6.96. The average molecular weight is 273 g/mol. The van der Waals surface area contributed by atoms with Crippen LogP contribution in [0.3, 0.4) is 0 Å². The van der Waals surface area contributed by atoms with Gasteiger partial charge in [0, 0.05) is 24.4 Å². The van der Waals surface area contributed by atoms with Crippen molar-refractivity contribution in [1.82, 2.24) is 5.32 Å². The third-order valence-corrected chi connectivity index (χ3v) is 3.23. The molecule has 0 aliphatic heterocycles. The molecule has 0 saturated carbocycles. The maximum Gasteiger partial charge on any atom is 0.336 e. The number of aryl methyl sites for hydroxylation is 1. The van der Waals surface area contributed by atoms with Crippen LogP contribution in [0.5, 0.6) is 0 Å². The lowest BCUT2D eigenvalue weighted by molar-refractivity contribution is -0.120. The van der Waals surface area contributed by atoms with Gasteiger partial charge in [-0.25, -0.2) is 4.79 Å². The molecule has 1 aromatic heterocycles. The van der Waals surface area contributed by atoms with Crippen molar-refractivity contribution in [2.24, 2.45) is 0 Å². The second kappa shape index (κ2) is 6.37. The zero-order chi connectivity index (χ0) is 14.5. The maximum absolute atomic E-state index is 11.5. The van der Waals surface area contributed by atoms with Gasteiger partial charge in [0.15, 0.2) is 0 Å².